The first-order valence-electron chi connectivity index (χ1n) is 9.23. The molecule has 2 bridgehead atoms. The van der Waals surface area contributed by atoms with Crippen LogP contribution < -0.4 is 5.32 Å². The topological polar surface area (TPSA) is 68.0 Å². The Bertz CT molecular complexity index is 583. The van der Waals surface area contributed by atoms with E-state index in [1.165, 1.54) is 32.1 Å². The molecule has 5 heteroatoms. The van der Waals surface area contributed by atoms with Gasteiger partial charge in [0, 0.05) is 24.8 Å². The Kier molecular flexibility index (Phi) is 3.90. The Morgan fingerprint density at radius 1 is 1.22 bits per heavy atom. The maximum absolute atomic E-state index is 12.3. The van der Waals surface area contributed by atoms with Gasteiger partial charge in [0.2, 0.25) is 17.7 Å². The van der Waals surface area contributed by atoms with Gasteiger partial charge < -0.3 is 9.73 Å². The van der Waals surface area contributed by atoms with Crippen LogP contribution in [-0.4, -0.2) is 22.1 Å². The van der Waals surface area contributed by atoms with Crippen molar-refractivity contribution in [3.05, 3.63) is 11.8 Å². The van der Waals surface area contributed by atoms with E-state index in [0.717, 1.165) is 23.7 Å². The van der Waals surface area contributed by atoms with Crippen LogP contribution >= 0.6 is 0 Å². The van der Waals surface area contributed by atoms with Gasteiger partial charge in [-0.2, -0.15) is 0 Å². The molecule has 1 heterocycles. The molecule has 1 N–H and O–H groups in total. The molecule has 3 aliphatic rings. The highest BCUT2D eigenvalue weighted by Crippen LogP contribution is 2.58. The summed E-state index contributed by atoms with van der Waals surface area (Å²) in [6.07, 6.45) is 7.76. The van der Waals surface area contributed by atoms with E-state index in [1.807, 2.05) is 13.8 Å². The minimum absolute atomic E-state index is 0.140. The Morgan fingerprint density at radius 2 is 2.04 bits per heavy atom. The molecule has 3 aliphatic carbocycles. The molecule has 3 saturated carbocycles. The molecule has 0 aliphatic heterocycles. The summed E-state index contributed by atoms with van der Waals surface area (Å²) in [5.74, 6) is 5.09. The van der Waals surface area contributed by atoms with Crippen LogP contribution in [0.2, 0.25) is 0 Å². The van der Waals surface area contributed by atoms with Crippen LogP contribution in [0.5, 0.6) is 0 Å². The van der Waals surface area contributed by atoms with Gasteiger partial charge in [-0.05, 0) is 49.4 Å². The number of amides is 1. The molecule has 0 aromatic carbocycles. The summed E-state index contributed by atoms with van der Waals surface area (Å²) in [5.41, 5.74) is 0. The second kappa shape index (κ2) is 5.91. The Labute approximate surface area is 137 Å². The first kappa shape index (κ1) is 15.2. The molecule has 4 rings (SSSR count). The highest BCUT2D eigenvalue weighted by molar-refractivity contribution is 5.76. The molecule has 5 atom stereocenters. The van der Waals surface area contributed by atoms with Crippen molar-refractivity contribution in [1.82, 2.24) is 15.5 Å². The maximum Gasteiger partial charge on any atom is 0.220 e. The highest BCUT2D eigenvalue weighted by atomic mass is 16.4. The number of hydrogen-bond acceptors (Lipinski definition) is 4. The molecule has 0 spiro atoms. The zero-order valence-corrected chi connectivity index (χ0v) is 14.1. The van der Waals surface area contributed by atoms with E-state index < -0.39 is 0 Å². The first-order valence-corrected chi connectivity index (χ1v) is 9.23. The smallest absolute Gasteiger partial charge is 0.220 e. The van der Waals surface area contributed by atoms with Crippen LogP contribution in [0, 0.1) is 23.7 Å². The lowest BCUT2D eigenvalue weighted by Gasteiger charge is -2.32. The third-order valence-corrected chi connectivity index (χ3v) is 6.32. The van der Waals surface area contributed by atoms with Crippen molar-refractivity contribution in [3.63, 3.8) is 0 Å². The Morgan fingerprint density at radius 3 is 2.83 bits per heavy atom. The molecule has 1 aromatic rings. The van der Waals surface area contributed by atoms with E-state index in [4.69, 9.17) is 4.42 Å². The van der Waals surface area contributed by atoms with Crippen LogP contribution in [0.15, 0.2) is 4.42 Å². The van der Waals surface area contributed by atoms with Crippen LogP contribution in [0.3, 0.4) is 0 Å². The molecule has 0 saturated heterocycles. The summed E-state index contributed by atoms with van der Waals surface area (Å²) in [6.45, 7) is 4.05. The van der Waals surface area contributed by atoms with Crippen molar-refractivity contribution in [3.8, 4) is 0 Å². The Balaban J connectivity index is 1.27. The average Bonchev–Trinajstić information content (AvgIpc) is 3.25. The standard InChI is InChI=1S/C18H27N3O2/c1-10(2)18-21-20-17(23-18)7-6-16(22)19-15-9-11-8-14(15)13-5-3-4-12(11)13/h10-15H,3-9H2,1-2H3,(H,19,22)/t11-,12+,13-,14+,15-/m1/s1. The molecule has 0 radical (unpaired) electrons. The molecule has 23 heavy (non-hydrogen) atoms. The molecule has 1 aromatic heterocycles. The summed E-state index contributed by atoms with van der Waals surface area (Å²) in [7, 11) is 0. The van der Waals surface area contributed by atoms with Gasteiger partial charge in [-0.15, -0.1) is 10.2 Å². The summed E-state index contributed by atoms with van der Waals surface area (Å²) >= 11 is 0. The second-order valence-electron chi connectivity index (χ2n) is 8.02. The highest BCUT2D eigenvalue weighted by Gasteiger charge is 2.53. The van der Waals surface area contributed by atoms with Crippen molar-refractivity contribution < 1.29 is 9.21 Å². The zero-order chi connectivity index (χ0) is 16.0. The lowest BCUT2D eigenvalue weighted by molar-refractivity contribution is -0.122. The van der Waals surface area contributed by atoms with Crippen molar-refractivity contribution in [2.24, 2.45) is 23.7 Å². The third kappa shape index (κ3) is 2.79. The number of aryl methyl sites for hydroxylation is 1. The van der Waals surface area contributed by atoms with Gasteiger partial charge in [-0.3, -0.25) is 4.79 Å². The van der Waals surface area contributed by atoms with Crippen molar-refractivity contribution in [2.75, 3.05) is 0 Å². The molecule has 5 nitrogen and oxygen atoms in total. The lowest BCUT2D eigenvalue weighted by Crippen LogP contribution is -2.42. The fraction of sp³-hybridized carbons (Fsp3) is 0.833. The number of nitrogens with one attached hydrogen (secondary N) is 1. The van der Waals surface area contributed by atoms with Crippen molar-refractivity contribution in [2.45, 2.75) is 70.8 Å². The normalized spacial score (nSPS) is 35.0. The van der Waals surface area contributed by atoms with Gasteiger partial charge in [0.05, 0.1) is 0 Å². The average molecular weight is 317 g/mol. The number of aromatic nitrogens is 2. The van der Waals surface area contributed by atoms with E-state index in [9.17, 15) is 4.79 Å². The molecule has 3 fully saturated rings. The van der Waals surface area contributed by atoms with Crippen LogP contribution in [0.4, 0.5) is 0 Å². The summed E-state index contributed by atoms with van der Waals surface area (Å²) in [5, 5.41) is 11.3. The van der Waals surface area contributed by atoms with Crippen molar-refractivity contribution in [1.29, 1.82) is 0 Å². The fourth-order valence-corrected chi connectivity index (χ4v) is 5.33. The van der Waals surface area contributed by atoms with Crippen LogP contribution in [0.1, 0.15) is 70.1 Å². The number of hydrogen-bond donors (Lipinski definition) is 1. The number of rotatable bonds is 5. The van der Waals surface area contributed by atoms with E-state index >= 15 is 0 Å². The fourth-order valence-electron chi connectivity index (χ4n) is 5.33. The van der Waals surface area contributed by atoms with E-state index in [1.54, 1.807) is 0 Å². The van der Waals surface area contributed by atoms with Gasteiger partial charge in [0.15, 0.2) is 0 Å². The summed E-state index contributed by atoms with van der Waals surface area (Å²) in [6, 6.07) is 0.417. The molecule has 0 unspecified atom stereocenters. The Hall–Kier alpha value is -1.39. The maximum atomic E-state index is 12.3. The van der Waals surface area contributed by atoms with Crippen molar-refractivity contribution >= 4 is 5.91 Å². The lowest BCUT2D eigenvalue weighted by atomic mass is 9.79. The van der Waals surface area contributed by atoms with E-state index in [-0.39, 0.29) is 11.8 Å². The largest absolute Gasteiger partial charge is 0.425 e. The van der Waals surface area contributed by atoms with Gasteiger partial charge >= 0.3 is 0 Å². The predicted octanol–water partition coefficient (Wildman–Crippen LogP) is 3.07. The molecular weight excluding hydrogens is 290 g/mol. The quantitative estimate of drug-likeness (QED) is 0.906. The number of carbonyl (C=O) groups excluding carboxylic acids is 1. The van der Waals surface area contributed by atoms with Gasteiger partial charge in [0.1, 0.15) is 0 Å². The van der Waals surface area contributed by atoms with E-state index in [2.05, 4.69) is 15.5 Å². The minimum Gasteiger partial charge on any atom is -0.425 e. The summed E-state index contributed by atoms with van der Waals surface area (Å²) < 4.78 is 5.57. The summed E-state index contributed by atoms with van der Waals surface area (Å²) in [4.78, 5) is 12.3. The van der Waals surface area contributed by atoms with Crippen LogP contribution in [-0.2, 0) is 11.2 Å². The van der Waals surface area contributed by atoms with E-state index in [0.29, 0.717) is 30.7 Å². The number of fused-ring (bicyclic) bond motifs is 5. The molecule has 1 amide bonds. The first-order chi connectivity index (χ1) is 11.1. The van der Waals surface area contributed by atoms with Gasteiger partial charge in [-0.25, -0.2) is 0 Å². The SMILES string of the molecule is CC(C)c1nnc(CCC(=O)N[C@@H]2C[C@H]3C[C@H]2[C@@H]2CCC[C@@H]32)o1. The minimum atomic E-state index is 0.140. The predicted molar refractivity (Wildman–Crippen MR) is 85.7 cm³/mol. The van der Waals surface area contributed by atoms with Gasteiger partial charge in [0.25, 0.3) is 0 Å². The monoisotopic (exact) mass is 317 g/mol. The molecular formula is C18H27N3O2. The van der Waals surface area contributed by atoms with Gasteiger partial charge in [-0.1, -0.05) is 20.3 Å². The molecule has 126 valence electrons. The van der Waals surface area contributed by atoms with Crippen LogP contribution in [0.25, 0.3) is 0 Å². The number of carbonyl (C=O) groups is 1. The number of nitrogens with zero attached hydrogens (tertiary/aromatic N) is 2. The zero-order valence-electron chi connectivity index (χ0n) is 14.1. The second-order valence-corrected chi connectivity index (χ2v) is 8.02. The third-order valence-electron chi connectivity index (χ3n) is 6.32.